The number of likely N-dealkylation sites (N-methyl/N-ethyl adjacent to an activating group) is 1. The fourth-order valence-electron chi connectivity index (χ4n) is 3.69. The zero-order valence-electron chi connectivity index (χ0n) is 15.8. The first kappa shape index (κ1) is 19.9. The predicted octanol–water partition coefficient (Wildman–Crippen LogP) is 1.15. The van der Waals surface area contributed by atoms with Gasteiger partial charge in [0.1, 0.15) is 28.8 Å². The van der Waals surface area contributed by atoms with E-state index >= 15 is 4.39 Å². The van der Waals surface area contributed by atoms with Crippen LogP contribution in [0, 0.1) is 5.82 Å². The van der Waals surface area contributed by atoms with Gasteiger partial charge in [0, 0.05) is 37.3 Å². The van der Waals surface area contributed by atoms with Crippen molar-refractivity contribution in [3.8, 4) is 16.9 Å². The number of carbonyl (C=O) groups excluding carboxylic acids is 2. The highest BCUT2D eigenvalue weighted by atomic mass is 35.5. The Hall–Kier alpha value is -3.40. The summed E-state index contributed by atoms with van der Waals surface area (Å²) in [6.07, 6.45) is 2.75. The van der Waals surface area contributed by atoms with Gasteiger partial charge in [-0.15, -0.1) is 0 Å². The third kappa shape index (κ3) is 2.91. The van der Waals surface area contributed by atoms with Crippen LogP contribution in [0.5, 0.6) is 5.75 Å². The van der Waals surface area contributed by atoms with Crippen LogP contribution in [0.3, 0.4) is 0 Å². The number of benzene rings is 1. The lowest BCUT2D eigenvalue weighted by molar-refractivity contribution is -0.121. The Labute approximate surface area is 173 Å². The molecule has 0 radical (unpaired) electrons. The quantitative estimate of drug-likeness (QED) is 0.568. The molecule has 11 heteroatoms. The standard InChI is InChI=1S/C19H17ClFN5O4/c1-23-12(27)7-25-6-10(8-5-9(17(22)29)16(28)14(20)15(8)21)13-18(25)24-11-3-2-4-26(11)19(13)30/h5-6,28H,2-4,7H2,1H3,(H2,22,29)(H,23,27). The summed E-state index contributed by atoms with van der Waals surface area (Å²) >= 11 is 5.88. The van der Waals surface area contributed by atoms with E-state index in [0.717, 1.165) is 12.5 Å². The Kier molecular flexibility index (Phi) is 4.73. The summed E-state index contributed by atoms with van der Waals surface area (Å²) in [6.45, 7) is 0.321. The Morgan fingerprint density at radius 1 is 1.40 bits per heavy atom. The summed E-state index contributed by atoms with van der Waals surface area (Å²) in [7, 11) is 1.47. The molecule has 1 aromatic carbocycles. The predicted molar refractivity (Wildman–Crippen MR) is 107 cm³/mol. The molecule has 0 spiro atoms. The van der Waals surface area contributed by atoms with Crippen molar-refractivity contribution in [1.82, 2.24) is 19.4 Å². The van der Waals surface area contributed by atoms with Crippen molar-refractivity contribution >= 4 is 34.4 Å². The molecule has 1 aliphatic heterocycles. The van der Waals surface area contributed by atoms with Crippen molar-refractivity contribution in [2.24, 2.45) is 5.73 Å². The lowest BCUT2D eigenvalue weighted by Gasteiger charge is -2.09. The Morgan fingerprint density at radius 2 is 2.13 bits per heavy atom. The summed E-state index contributed by atoms with van der Waals surface area (Å²) in [5, 5.41) is 11.8. The van der Waals surface area contributed by atoms with Crippen LogP contribution in [0.2, 0.25) is 5.02 Å². The summed E-state index contributed by atoms with van der Waals surface area (Å²) < 4.78 is 17.9. The minimum Gasteiger partial charge on any atom is -0.505 e. The maximum atomic E-state index is 15.0. The smallest absolute Gasteiger partial charge is 0.263 e. The zero-order chi connectivity index (χ0) is 21.7. The second-order valence-electron chi connectivity index (χ2n) is 6.94. The summed E-state index contributed by atoms with van der Waals surface area (Å²) in [6, 6.07) is 1.04. The molecule has 1 aliphatic rings. The van der Waals surface area contributed by atoms with Crippen LogP contribution in [-0.2, 0) is 24.3 Å². The molecule has 0 saturated heterocycles. The van der Waals surface area contributed by atoms with Crippen molar-refractivity contribution in [2.45, 2.75) is 25.9 Å². The number of fused-ring (bicyclic) bond motifs is 2. The lowest BCUT2D eigenvalue weighted by atomic mass is 10.0. The summed E-state index contributed by atoms with van der Waals surface area (Å²) in [4.78, 5) is 41.4. The first-order valence-electron chi connectivity index (χ1n) is 9.08. The number of hydrogen-bond donors (Lipinski definition) is 3. The van der Waals surface area contributed by atoms with Gasteiger partial charge in [0.15, 0.2) is 5.82 Å². The van der Waals surface area contributed by atoms with Crippen LogP contribution in [0.4, 0.5) is 4.39 Å². The van der Waals surface area contributed by atoms with E-state index in [4.69, 9.17) is 17.3 Å². The van der Waals surface area contributed by atoms with Crippen LogP contribution in [0.1, 0.15) is 22.6 Å². The van der Waals surface area contributed by atoms with E-state index in [2.05, 4.69) is 10.3 Å². The van der Waals surface area contributed by atoms with Crippen molar-refractivity contribution in [1.29, 1.82) is 0 Å². The van der Waals surface area contributed by atoms with Crippen LogP contribution >= 0.6 is 11.6 Å². The van der Waals surface area contributed by atoms with Crippen LogP contribution < -0.4 is 16.6 Å². The molecular weight excluding hydrogens is 417 g/mol. The monoisotopic (exact) mass is 433 g/mol. The Balaban J connectivity index is 2.09. The van der Waals surface area contributed by atoms with E-state index < -0.39 is 28.1 Å². The van der Waals surface area contributed by atoms with Crippen LogP contribution in [-0.4, -0.2) is 38.1 Å². The third-order valence-corrected chi connectivity index (χ3v) is 5.51. The second-order valence-corrected chi connectivity index (χ2v) is 7.32. The molecule has 30 heavy (non-hydrogen) atoms. The number of aryl methyl sites for hydroxylation is 1. The van der Waals surface area contributed by atoms with E-state index in [0.29, 0.717) is 18.8 Å². The minimum atomic E-state index is -1.02. The van der Waals surface area contributed by atoms with Crippen molar-refractivity contribution in [2.75, 3.05) is 7.05 Å². The highest BCUT2D eigenvalue weighted by Gasteiger charge is 2.27. The molecule has 0 unspecified atom stereocenters. The number of aromatic hydroxyl groups is 1. The largest absolute Gasteiger partial charge is 0.505 e. The maximum Gasteiger partial charge on any atom is 0.263 e. The minimum absolute atomic E-state index is 0.0839. The highest BCUT2D eigenvalue weighted by molar-refractivity contribution is 6.33. The molecule has 0 fully saturated rings. The number of hydrogen-bond acceptors (Lipinski definition) is 5. The lowest BCUT2D eigenvalue weighted by Crippen LogP contribution is -2.24. The molecule has 4 N–H and O–H groups in total. The maximum absolute atomic E-state index is 15.0. The van der Waals surface area contributed by atoms with Gasteiger partial charge >= 0.3 is 0 Å². The number of rotatable bonds is 4. The molecule has 9 nitrogen and oxygen atoms in total. The van der Waals surface area contributed by atoms with Crippen molar-refractivity contribution in [3.63, 3.8) is 0 Å². The average molecular weight is 434 g/mol. The molecule has 4 rings (SSSR count). The van der Waals surface area contributed by atoms with Gasteiger partial charge in [-0.2, -0.15) is 0 Å². The molecule has 3 aromatic rings. The molecule has 156 valence electrons. The number of primary amides is 1. The zero-order valence-corrected chi connectivity index (χ0v) is 16.6. The summed E-state index contributed by atoms with van der Waals surface area (Å²) in [5.74, 6) is -2.58. The van der Waals surface area contributed by atoms with Crippen LogP contribution in [0.15, 0.2) is 17.1 Å². The Bertz CT molecular complexity index is 1300. The topological polar surface area (TPSA) is 132 Å². The van der Waals surface area contributed by atoms with Crippen molar-refractivity contribution < 1.29 is 19.1 Å². The average Bonchev–Trinajstić information content (AvgIpc) is 3.32. The van der Waals surface area contributed by atoms with Crippen molar-refractivity contribution in [3.05, 3.63) is 44.8 Å². The number of phenols is 1. The SMILES string of the molecule is CNC(=O)Cn1cc(-c2cc(C(N)=O)c(O)c(Cl)c2F)c2c(=O)n3c(nc21)CCC3. The van der Waals surface area contributed by atoms with E-state index in [9.17, 15) is 19.5 Å². The van der Waals surface area contributed by atoms with Gasteiger partial charge in [0.05, 0.1) is 10.9 Å². The van der Waals surface area contributed by atoms with E-state index in [1.165, 1.54) is 22.4 Å². The van der Waals surface area contributed by atoms with Gasteiger partial charge in [0.25, 0.3) is 11.5 Å². The fraction of sp³-hybridized carbons (Fsp3) is 0.263. The van der Waals surface area contributed by atoms with Gasteiger partial charge in [-0.25, -0.2) is 9.37 Å². The highest BCUT2D eigenvalue weighted by Crippen LogP contribution is 2.39. The molecule has 0 bridgehead atoms. The third-order valence-electron chi connectivity index (χ3n) is 5.17. The number of halogens is 2. The van der Waals surface area contributed by atoms with Gasteiger partial charge in [0.2, 0.25) is 5.91 Å². The molecule has 2 amide bonds. The molecule has 0 aliphatic carbocycles. The van der Waals surface area contributed by atoms with Gasteiger partial charge < -0.3 is 20.7 Å². The molecule has 2 aromatic heterocycles. The number of nitrogens with zero attached hydrogens (tertiary/aromatic N) is 3. The van der Waals surface area contributed by atoms with E-state index in [1.807, 2.05) is 0 Å². The van der Waals surface area contributed by atoms with Gasteiger partial charge in [-0.05, 0) is 12.5 Å². The van der Waals surface area contributed by atoms with E-state index in [1.54, 1.807) is 0 Å². The number of nitrogens with one attached hydrogen (secondary N) is 1. The summed E-state index contributed by atoms with van der Waals surface area (Å²) in [5.41, 5.74) is 4.60. The molecule has 3 heterocycles. The number of nitrogens with two attached hydrogens (primary N) is 1. The second kappa shape index (κ2) is 7.13. The first-order chi connectivity index (χ1) is 14.2. The first-order valence-corrected chi connectivity index (χ1v) is 9.46. The fourth-order valence-corrected chi connectivity index (χ4v) is 3.89. The van der Waals surface area contributed by atoms with Crippen LogP contribution in [0.25, 0.3) is 22.2 Å². The molecular formula is C19H17ClFN5O4. The van der Waals surface area contributed by atoms with Gasteiger partial charge in [-0.3, -0.25) is 19.0 Å². The molecule has 0 atom stereocenters. The number of aromatic nitrogens is 3. The van der Waals surface area contributed by atoms with E-state index in [-0.39, 0.29) is 40.2 Å². The van der Waals surface area contributed by atoms with Gasteiger partial charge in [-0.1, -0.05) is 11.6 Å². The number of carbonyl (C=O) groups is 2. The Morgan fingerprint density at radius 3 is 2.80 bits per heavy atom. The normalized spacial score (nSPS) is 12.9. The number of amides is 2. The molecule has 0 saturated carbocycles.